The summed E-state index contributed by atoms with van der Waals surface area (Å²) in [4.78, 5) is 0. The van der Waals surface area contributed by atoms with E-state index in [0.29, 0.717) is 22.6 Å². The van der Waals surface area contributed by atoms with Crippen LogP contribution < -0.4 is 9.04 Å². The van der Waals surface area contributed by atoms with Gasteiger partial charge in [-0.1, -0.05) is 6.07 Å². The Hall–Kier alpha value is -2.59. The average molecular weight is 334 g/mol. The minimum atomic E-state index is -3.63. The molecule has 0 aliphatic rings. The van der Waals surface area contributed by atoms with E-state index in [4.69, 9.17) is 10.00 Å². The smallest absolute Gasteiger partial charge is 0.232 e. The Balaban J connectivity index is 2.50. The van der Waals surface area contributed by atoms with E-state index in [0.717, 1.165) is 10.6 Å². The highest BCUT2D eigenvalue weighted by Gasteiger charge is 2.20. The summed E-state index contributed by atoms with van der Waals surface area (Å²) in [5.41, 5.74) is 1.06. The summed E-state index contributed by atoms with van der Waals surface area (Å²) in [6.07, 6.45) is 1.05. The van der Waals surface area contributed by atoms with Crippen LogP contribution in [-0.2, 0) is 16.6 Å². The fourth-order valence-corrected chi connectivity index (χ4v) is 3.03. The van der Waals surface area contributed by atoms with Crippen molar-refractivity contribution in [3.63, 3.8) is 0 Å². The summed E-state index contributed by atoms with van der Waals surface area (Å²) in [6.45, 7) is -0.103. The summed E-state index contributed by atoms with van der Waals surface area (Å²) in [6, 6.07) is 12.1. The van der Waals surface area contributed by atoms with Gasteiger partial charge in [-0.15, -0.1) is 0 Å². The van der Waals surface area contributed by atoms with Crippen LogP contribution in [0.3, 0.4) is 0 Å². The number of hydrogen-bond acceptors (Lipinski definition) is 4. The molecule has 0 radical (unpaired) electrons. The van der Waals surface area contributed by atoms with Crippen LogP contribution in [0, 0.1) is 17.1 Å². The van der Waals surface area contributed by atoms with E-state index in [1.54, 1.807) is 18.2 Å². The zero-order chi connectivity index (χ0) is 17.0. The second-order valence-corrected chi connectivity index (χ2v) is 6.79. The van der Waals surface area contributed by atoms with Crippen LogP contribution in [-0.4, -0.2) is 21.8 Å². The topological polar surface area (TPSA) is 70.4 Å². The summed E-state index contributed by atoms with van der Waals surface area (Å²) in [7, 11) is -2.20. The van der Waals surface area contributed by atoms with E-state index in [2.05, 4.69) is 0 Å². The number of benzene rings is 2. The fourth-order valence-electron chi connectivity index (χ4n) is 2.16. The first-order valence-electron chi connectivity index (χ1n) is 6.65. The number of sulfonamides is 1. The van der Waals surface area contributed by atoms with Crippen LogP contribution in [0.4, 0.5) is 10.1 Å². The molecule has 0 unspecified atom stereocenters. The van der Waals surface area contributed by atoms with Gasteiger partial charge in [-0.25, -0.2) is 12.8 Å². The first-order valence-corrected chi connectivity index (χ1v) is 8.50. The predicted octanol–water partition coefficient (Wildman–Crippen LogP) is 2.67. The van der Waals surface area contributed by atoms with E-state index in [1.807, 2.05) is 6.07 Å². The molecule has 120 valence electrons. The zero-order valence-electron chi connectivity index (χ0n) is 12.7. The van der Waals surface area contributed by atoms with Gasteiger partial charge in [0.2, 0.25) is 10.0 Å². The monoisotopic (exact) mass is 334 g/mol. The Bertz CT molecular complexity index is 860. The van der Waals surface area contributed by atoms with Gasteiger partial charge in [-0.3, -0.25) is 4.31 Å². The zero-order valence-corrected chi connectivity index (χ0v) is 13.5. The van der Waals surface area contributed by atoms with Crippen molar-refractivity contribution in [2.24, 2.45) is 0 Å². The second kappa shape index (κ2) is 6.67. The van der Waals surface area contributed by atoms with E-state index in [-0.39, 0.29) is 6.54 Å². The van der Waals surface area contributed by atoms with E-state index in [1.165, 1.54) is 31.4 Å². The van der Waals surface area contributed by atoms with Crippen molar-refractivity contribution in [1.29, 1.82) is 5.26 Å². The van der Waals surface area contributed by atoms with Crippen molar-refractivity contribution in [3.05, 3.63) is 59.4 Å². The second-order valence-electron chi connectivity index (χ2n) is 4.89. The minimum Gasteiger partial charge on any atom is -0.496 e. The van der Waals surface area contributed by atoms with Crippen molar-refractivity contribution in [2.45, 2.75) is 6.54 Å². The van der Waals surface area contributed by atoms with Gasteiger partial charge in [0.05, 0.1) is 37.2 Å². The van der Waals surface area contributed by atoms with Crippen molar-refractivity contribution in [1.82, 2.24) is 0 Å². The fraction of sp³-hybridized carbons (Fsp3) is 0.188. The van der Waals surface area contributed by atoms with Crippen LogP contribution in [0.5, 0.6) is 5.75 Å². The van der Waals surface area contributed by atoms with Gasteiger partial charge in [-0.2, -0.15) is 5.26 Å². The Morgan fingerprint density at radius 3 is 2.61 bits per heavy atom. The molecule has 2 aromatic carbocycles. The molecule has 0 bridgehead atoms. The van der Waals surface area contributed by atoms with Gasteiger partial charge < -0.3 is 4.74 Å². The molecule has 0 amide bonds. The Kier molecular flexibility index (Phi) is 4.86. The van der Waals surface area contributed by atoms with Gasteiger partial charge in [-0.05, 0) is 36.4 Å². The molecule has 7 heteroatoms. The minimum absolute atomic E-state index is 0.103. The Morgan fingerprint density at radius 2 is 2.00 bits per heavy atom. The number of nitriles is 1. The molecule has 0 spiro atoms. The normalized spacial score (nSPS) is 10.9. The quantitative estimate of drug-likeness (QED) is 0.843. The SMILES string of the molecule is COc1ccc(F)cc1CN(c1cccc(C#N)c1)S(C)(=O)=O. The number of anilines is 1. The van der Waals surface area contributed by atoms with Crippen molar-refractivity contribution in [3.8, 4) is 11.8 Å². The summed E-state index contributed by atoms with van der Waals surface area (Å²) in [5, 5.41) is 8.97. The number of nitrogens with zero attached hydrogens (tertiary/aromatic N) is 2. The highest BCUT2D eigenvalue weighted by atomic mass is 32.2. The lowest BCUT2D eigenvalue weighted by molar-refractivity contribution is 0.408. The highest BCUT2D eigenvalue weighted by Crippen LogP contribution is 2.26. The van der Waals surface area contributed by atoms with Gasteiger partial charge in [0.25, 0.3) is 0 Å². The first-order chi connectivity index (χ1) is 10.8. The van der Waals surface area contributed by atoms with Gasteiger partial charge in [0.15, 0.2) is 0 Å². The van der Waals surface area contributed by atoms with Crippen LogP contribution >= 0.6 is 0 Å². The van der Waals surface area contributed by atoms with Gasteiger partial charge in [0, 0.05) is 5.56 Å². The number of ether oxygens (including phenoxy) is 1. The lowest BCUT2D eigenvalue weighted by Crippen LogP contribution is -2.29. The standard InChI is InChI=1S/C16H15FN2O3S/c1-22-16-7-6-14(17)9-13(16)11-19(23(2,20)21)15-5-3-4-12(8-15)10-18/h3-9H,11H2,1-2H3. The van der Waals surface area contributed by atoms with E-state index >= 15 is 0 Å². The maximum absolute atomic E-state index is 13.5. The van der Waals surface area contributed by atoms with Crippen LogP contribution in [0.1, 0.15) is 11.1 Å². The molecular weight excluding hydrogens is 319 g/mol. The van der Waals surface area contributed by atoms with Crippen LogP contribution in [0.25, 0.3) is 0 Å². The molecule has 0 saturated heterocycles. The highest BCUT2D eigenvalue weighted by molar-refractivity contribution is 7.92. The number of halogens is 1. The maximum Gasteiger partial charge on any atom is 0.232 e. The number of methoxy groups -OCH3 is 1. The third-order valence-corrected chi connectivity index (χ3v) is 4.36. The molecule has 0 N–H and O–H groups in total. The van der Waals surface area contributed by atoms with Crippen molar-refractivity contribution in [2.75, 3.05) is 17.7 Å². The van der Waals surface area contributed by atoms with Gasteiger partial charge in [0.1, 0.15) is 11.6 Å². The number of rotatable bonds is 5. The summed E-state index contributed by atoms with van der Waals surface area (Å²) < 4.78 is 44.0. The molecule has 0 aromatic heterocycles. The molecule has 0 heterocycles. The molecule has 0 aliphatic heterocycles. The third-order valence-electron chi connectivity index (χ3n) is 3.22. The molecule has 0 saturated carbocycles. The maximum atomic E-state index is 13.5. The van der Waals surface area contributed by atoms with Gasteiger partial charge >= 0.3 is 0 Å². The van der Waals surface area contributed by atoms with E-state index < -0.39 is 15.8 Å². The molecule has 5 nitrogen and oxygen atoms in total. The molecule has 0 aliphatic carbocycles. The molecule has 0 fully saturated rings. The van der Waals surface area contributed by atoms with Crippen LogP contribution in [0.15, 0.2) is 42.5 Å². The molecule has 0 atom stereocenters. The summed E-state index contributed by atoms with van der Waals surface area (Å²) >= 11 is 0. The molecule has 23 heavy (non-hydrogen) atoms. The predicted molar refractivity (Wildman–Crippen MR) is 85.1 cm³/mol. The Labute approximate surface area is 134 Å². The molecule has 2 rings (SSSR count). The van der Waals surface area contributed by atoms with Crippen molar-refractivity contribution >= 4 is 15.7 Å². The van der Waals surface area contributed by atoms with E-state index in [9.17, 15) is 12.8 Å². The molecule has 2 aromatic rings. The molecular formula is C16H15FN2O3S. The van der Waals surface area contributed by atoms with Crippen molar-refractivity contribution < 1.29 is 17.5 Å². The average Bonchev–Trinajstić information content (AvgIpc) is 2.51. The van der Waals surface area contributed by atoms with Crippen LogP contribution in [0.2, 0.25) is 0 Å². The summed E-state index contributed by atoms with van der Waals surface area (Å²) in [5.74, 6) is -0.100. The lowest BCUT2D eigenvalue weighted by Gasteiger charge is -2.23. The lowest BCUT2D eigenvalue weighted by atomic mass is 10.1. The largest absolute Gasteiger partial charge is 0.496 e. The number of hydrogen-bond donors (Lipinski definition) is 0. The Morgan fingerprint density at radius 1 is 1.26 bits per heavy atom. The third kappa shape index (κ3) is 3.99. The first kappa shape index (κ1) is 16.8.